The van der Waals surface area contributed by atoms with Crippen molar-refractivity contribution in [2.75, 3.05) is 11.4 Å². The largest absolute Gasteiger partial charge is 0.481 e. The lowest BCUT2D eigenvalue weighted by molar-refractivity contribution is -0.388. The number of hydrogen-bond acceptors (Lipinski definition) is 5. The molecule has 0 spiro atoms. The van der Waals surface area contributed by atoms with Crippen LogP contribution >= 0.6 is 0 Å². The van der Waals surface area contributed by atoms with Crippen LogP contribution in [0.1, 0.15) is 18.4 Å². The molecule has 0 unspecified atom stereocenters. The Kier molecular flexibility index (Phi) is 4.46. The highest BCUT2D eigenvalue weighted by atomic mass is 19.4. The van der Waals surface area contributed by atoms with Crippen LogP contribution in [0, 0.1) is 10.1 Å². The van der Waals surface area contributed by atoms with E-state index in [1.807, 2.05) is 0 Å². The quantitative estimate of drug-likeness (QED) is 0.645. The zero-order chi connectivity index (χ0) is 17.4. The number of aliphatic hydroxyl groups is 1. The highest BCUT2D eigenvalue weighted by Crippen LogP contribution is 2.39. The first-order valence-corrected chi connectivity index (χ1v) is 6.61. The summed E-state index contributed by atoms with van der Waals surface area (Å²) in [6, 6.07) is 1.80. The Labute approximate surface area is 128 Å². The second-order valence-corrected chi connectivity index (χ2v) is 5.25. The van der Waals surface area contributed by atoms with E-state index in [0.717, 1.165) is 12.1 Å². The monoisotopic (exact) mass is 334 g/mol. The highest BCUT2D eigenvalue weighted by molar-refractivity contribution is 5.69. The summed E-state index contributed by atoms with van der Waals surface area (Å²) in [5, 5.41) is 29.2. The van der Waals surface area contributed by atoms with Gasteiger partial charge in [0.25, 0.3) is 5.69 Å². The first-order chi connectivity index (χ1) is 10.6. The first kappa shape index (κ1) is 17.0. The minimum atomic E-state index is -4.92. The molecule has 1 saturated heterocycles. The van der Waals surface area contributed by atoms with Crippen molar-refractivity contribution in [2.45, 2.75) is 31.2 Å². The number of alkyl halides is 3. The van der Waals surface area contributed by atoms with Crippen molar-refractivity contribution in [1.82, 2.24) is 0 Å². The van der Waals surface area contributed by atoms with Gasteiger partial charge in [-0.05, 0) is 18.6 Å². The molecule has 2 atom stereocenters. The minimum Gasteiger partial charge on any atom is -0.481 e. The van der Waals surface area contributed by atoms with E-state index >= 15 is 0 Å². The molecule has 1 aliphatic heterocycles. The van der Waals surface area contributed by atoms with Gasteiger partial charge in [0.1, 0.15) is 5.56 Å². The van der Waals surface area contributed by atoms with E-state index in [0.29, 0.717) is 6.07 Å². The normalized spacial score (nSPS) is 21.5. The number of anilines is 1. The fraction of sp³-hybridized carbons (Fsp3) is 0.462. The van der Waals surface area contributed by atoms with E-state index < -0.39 is 40.5 Å². The van der Waals surface area contributed by atoms with Gasteiger partial charge in [-0.25, -0.2) is 0 Å². The van der Waals surface area contributed by atoms with Crippen molar-refractivity contribution in [3.8, 4) is 0 Å². The number of aliphatic carboxylic acids is 1. The number of halogens is 3. The number of benzene rings is 1. The standard InChI is InChI=1S/C13H13F3N2O5/c14-13(15,16)10-4-7(1-2-11(10)18(22)23)17-6-9(19)3-8(17)5-12(20)21/h1-2,4,8-9,19H,3,5-6H2,(H,20,21)/t8-,9-/m1/s1. The lowest BCUT2D eigenvalue weighted by Crippen LogP contribution is -2.31. The molecule has 0 aromatic heterocycles. The lowest BCUT2D eigenvalue weighted by Gasteiger charge is -2.26. The molecule has 1 fully saturated rings. The zero-order valence-corrected chi connectivity index (χ0v) is 11.7. The average Bonchev–Trinajstić information content (AvgIpc) is 2.77. The Morgan fingerprint density at radius 1 is 1.43 bits per heavy atom. The Hall–Kier alpha value is -2.36. The van der Waals surface area contributed by atoms with Gasteiger partial charge in [-0.2, -0.15) is 13.2 Å². The molecule has 0 aliphatic carbocycles. The summed E-state index contributed by atoms with van der Waals surface area (Å²) in [5.74, 6) is -1.15. The van der Waals surface area contributed by atoms with Crippen LogP contribution < -0.4 is 4.90 Å². The van der Waals surface area contributed by atoms with Gasteiger partial charge in [-0.3, -0.25) is 14.9 Å². The number of nitro groups is 1. The van der Waals surface area contributed by atoms with E-state index in [-0.39, 0.29) is 25.1 Å². The number of carboxylic acids is 1. The fourth-order valence-electron chi connectivity index (χ4n) is 2.69. The van der Waals surface area contributed by atoms with Crippen molar-refractivity contribution >= 4 is 17.3 Å². The van der Waals surface area contributed by atoms with Crippen molar-refractivity contribution in [3.63, 3.8) is 0 Å². The number of hydrogen-bond donors (Lipinski definition) is 2. The Morgan fingerprint density at radius 3 is 2.61 bits per heavy atom. The number of carbonyl (C=O) groups is 1. The molecule has 2 N–H and O–H groups in total. The van der Waals surface area contributed by atoms with Gasteiger partial charge >= 0.3 is 12.1 Å². The third-order valence-electron chi connectivity index (χ3n) is 3.62. The van der Waals surface area contributed by atoms with Gasteiger partial charge in [0.2, 0.25) is 0 Å². The average molecular weight is 334 g/mol. The smallest absolute Gasteiger partial charge is 0.423 e. The summed E-state index contributed by atoms with van der Waals surface area (Å²) in [6.07, 6.45) is -6.04. The molecule has 1 aromatic rings. The van der Waals surface area contributed by atoms with Crippen molar-refractivity contribution in [2.24, 2.45) is 0 Å². The molecule has 1 heterocycles. The number of carboxylic acid groups (broad SMARTS) is 1. The molecule has 126 valence electrons. The van der Waals surface area contributed by atoms with Crippen LogP contribution in [0.5, 0.6) is 0 Å². The van der Waals surface area contributed by atoms with Crippen molar-refractivity contribution in [1.29, 1.82) is 0 Å². The molecule has 0 amide bonds. The summed E-state index contributed by atoms with van der Waals surface area (Å²) >= 11 is 0. The number of nitrogens with zero attached hydrogens (tertiary/aromatic N) is 2. The van der Waals surface area contributed by atoms with Crippen LogP contribution in [0.2, 0.25) is 0 Å². The van der Waals surface area contributed by atoms with Crippen molar-refractivity contribution < 1.29 is 33.1 Å². The molecule has 0 saturated carbocycles. The van der Waals surface area contributed by atoms with Crippen molar-refractivity contribution in [3.05, 3.63) is 33.9 Å². The zero-order valence-electron chi connectivity index (χ0n) is 11.7. The maximum absolute atomic E-state index is 13.0. The summed E-state index contributed by atoms with van der Waals surface area (Å²) < 4.78 is 39.0. The van der Waals surface area contributed by atoms with E-state index in [4.69, 9.17) is 5.11 Å². The summed E-state index contributed by atoms with van der Waals surface area (Å²) in [6.45, 7) is -0.0347. The maximum Gasteiger partial charge on any atom is 0.423 e. The molecule has 0 radical (unpaired) electrons. The van der Waals surface area contributed by atoms with Gasteiger partial charge in [0.15, 0.2) is 0 Å². The first-order valence-electron chi connectivity index (χ1n) is 6.61. The third-order valence-corrected chi connectivity index (χ3v) is 3.62. The summed E-state index contributed by atoms with van der Waals surface area (Å²) in [4.78, 5) is 21.8. The lowest BCUT2D eigenvalue weighted by atomic mass is 10.1. The predicted octanol–water partition coefficient (Wildman–Crippen LogP) is 2.03. The maximum atomic E-state index is 13.0. The number of nitro benzene ring substituents is 1. The van der Waals surface area contributed by atoms with Crippen LogP contribution in [0.25, 0.3) is 0 Å². The fourth-order valence-corrected chi connectivity index (χ4v) is 2.69. The van der Waals surface area contributed by atoms with E-state index in [9.17, 15) is 33.2 Å². The topological polar surface area (TPSA) is 104 Å². The van der Waals surface area contributed by atoms with Crippen LogP contribution in [0.15, 0.2) is 18.2 Å². The second-order valence-electron chi connectivity index (χ2n) is 5.25. The summed E-state index contributed by atoms with van der Waals surface area (Å²) in [7, 11) is 0. The van der Waals surface area contributed by atoms with E-state index in [1.165, 1.54) is 4.90 Å². The van der Waals surface area contributed by atoms with Gasteiger partial charge in [-0.1, -0.05) is 0 Å². The number of rotatable bonds is 4. The predicted molar refractivity (Wildman–Crippen MR) is 72.1 cm³/mol. The van der Waals surface area contributed by atoms with Crippen LogP contribution in [0.4, 0.5) is 24.5 Å². The van der Waals surface area contributed by atoms with Gasteiger partial charge in [-0.15, -0.1) is 0 Å². The van der Waals surface area contributed by atoms with Crippen LogP contribution in [-0.2, 0) is 11.0 Å². The van der Waals surface area contributed by atoms with Gasteiger partial charge in [0.05, 0.1) is 17.4 Å². The number of β-amino-alcohol motifs (C(OH)–C–C–N with tert-alkyl or cyclic N) is 1. The van der Waals surface area contributed by atoms with Gasteiger partial charge in [0, 0.05) is 24.3 Å². The molecule has 2 rings (SSSR count). The Balaban J connectivity index is 2.43. The molecule has 1 aromatic carbocycles. The molecule has 1 aliphatic rings. The third kappa shape index (κ3) is 3.70. The Morgan fingerprint density at radius 2 is 2.09 bits per heavy atom. The highest BCUT2D eigenvalue weighted by Gasteiger charge is 2.40. The SMILES string of the molecule is O=C(O)C[C@H]1C[C@@H](O)CN1c1ccc([N+](=O)[O-])c(C(F)(F)F)c1. The second kappa shape index (κ2) is 6.03. The molecule has 7 nitrogen and oxygen atoms in total. The summed E-state index contributed by atoms with van der Waals surface area (Å²) in [5.41, 5.74) is -2.49. The molecular formula is C13H13F3N2O5. The number of aliphatic hydroxyl groups excluding tert-OH is 1. The van der Waals surface area contributed by atoms with Crippen LogP contribution in [0.3, 0.4) is 0 Å². The Bertz CT molecular complexity index is 635. The molecular weight excluding hydrogens is 321 g/mol. The molecule has 23 heavy (non-hydrogen) atoms. The van der Waals surface area contributed by atoms with Crippen LogP contribution in [-0.4, -0.2) is 39.8 Å². The minimum absolute atomic E-state index is 0.00859. The van der Waals surface area contributed by atoms with E-state index in [1.54, 1.807) is 0 Å². The molecule has 0 bridgehead atoms. The van der Waals surface area contributed by atoms with Gasteiger partial charge < -0.3 is 15.1 Å². The molecule has 10 heteroatoms. The van der Waals surface area contributed by atoms with E-state index in [2.05, 4.69) is 0 Å².